The molecule has 2 aliphatic heterocycles. The Bertz CT molecular complexity index is 204. The predicted molar refractivity (Wildman–Crippen MR) is 59.4 cm³/mol. The Morgan fingerprint density at radius 2 is 1.80 bits per heavy atom. The van der Waals surface area contributed by atoms with Crippen LogP contribution >= 0.6 is 0 Å². The van der Waals surface area contributed by atoms with Crippen LogP contribution in [0.1, 0.15) is 38.5 Å². The van der Waals surface area contributed by atoms with Gasteiger partial charge in [0.15, 0.2) is 0 Å². The van der Waals surface area contributed by atoms with Crippen LogP contribution in [0.4, 0.5) is 0 Å². The van der Waals surface area contributed by atoms with Crippen molar-refractivity contribution >= 4 is 5.91 Å². The van der Waals surface area contributed by atoms with E-state index in [0.717, 1.165) is 26.1 Å². The molecule has 0 aromatic carbocycles. The maximum atomic E-state index is 12.2. The van der Waals surface area contributed by atoms with Crippen LogP contribution in [0.2, 0.25) is 0 Å². The Morgan fingerprint density at radius 3 is 2.40 bits per heavy atom. The highest BCUT2D eigenvalue weighted by Gasteiger charge is 2.27. The topological polar surface area (TPSA) is 36.9 Å². The van der Waals surface area contributed by atoms with Gasteiger partial charge in [-0.2, -0.15) is 0 Å². The molecular weight excluding hydrogens is 188 g/mol. The lowest BCUT2D eigenvalue weighted by Crippen LogP contribution is -2.87. The minimum Gasteiger partial charge on any atom is -0.346 e. The average molecular weight is 211 g/mol. The van der Waals surface area contributed by atoms with E-state index in [9.17, 15) is 4.79 Å². The van der Waals surface area contributed by atoms with E-state index >= 15 is 0 Å². The molecule has 2 saturated heterocycles. The van der Waals surface area contributed by atoms with Gasteiger partial charge in [-0.3, -0.25) is 4.79 Å². The Kier molecular flexibility index (Phi) is 4.01. The van der Waals surface area contributed by atoms with Gasteiger partial charge in [0.2, 0.25) is 5.91 Å². The lowest BCUT2D eigenvalue weighted by Gasteiger charge is -2.27. The summed E-state index contributed by atoms with van der Waals surface area (Å²) in [7, 11) is 0. The molecule has 2 heterocycles. The van der Waals surface area contributed by atoms with Gasteiger partial charge in [-0.05, 0) is 25.7 Å². The number of carbonyl (C=O) groups is 1. The summed E-state index contributed by atoms with van der Waals surface area (Å²) in [6, 6.07) is 0. The number of piperidine rings is 1. The summed E-state index contributed by atoms with van der Waals surface area (Å²) in [5.74, 6) is 0.754. The van der Waals surface area contributed by atoms with E-state index in [-0.39, 0.29) is 0 Å². The zero-order chi connectivity index (χ0) is 10.5. The van der Waals surface area contributed by atoms with Crippen molar-refractivity contribution in [2.45, 2.75) is 38.5 Å². The third kappa shape index (κ3) is 2.94. The molecule has 3 heteroatoms. The maximum Gasteiger partial charge on any atom is 0.231 e. The van der Waals surface area contributed by atoms with Crippen molar-refractivity contribution in [1.82, 2.24) is 4.90 Å². The largest absolute Gasteiger partial charge is 0.346 e. The van der Waals surface area contributed by atoms with Crippen molar-refractivity contribution in [2.24, 2.45) is 5.92 Å². The van der Waals surface area contributed by atoms with Crippen LogP contribution in [-0.4, -0.2) is 37.0 Å². The summed E-state index contributed by atoms with van der Waals surface area (Å²) in [6.45, 7) is 4.25. The number of hydrogen-bond donors (Lipinski definition) is 1. The van der Waals surface area contributed by atoms with Gasteiger partial charge in [-0.1, -0.05) is 12.8 Å². The van der Waals surface area contributed by atoms with Crippen molar-refractivity contribution < 1.29 is 10.1 Å². The van der Waals surface area contributed by atoms with Crippen LogP contribution in [0.15, 0.2) is 0 Å². The first-order valence-corrected chi connectivity index (χ1v) is 6.48. The van der Waals surface area contributed by atoms with E-state index in [2.05, 4.69) is 10.2 Å². The Labute approximate surface area is 92.2 Å². The van der Waals surface area contributed by atoms with Gasteiger partial charge in [0.1, 0.15) is 0 Å². The number of hydrogen-bond acceptors (Lipinski definition) is 1. The summed E-state index contributed by atoms with van der Waals surface area (Å²) in [5, 5.41) is 2.30. The molecule has 2 rings (SSSR count). The third-order valence-electron chi connectivity index (χ3n) is 3.68. The predicted octanol–water partition coefficient (Wildman–Crippen LogP) is 0.362. The zero-order valence-corrected chi connectivity index (χ0v) is 9.58. The van der Waals surface area contributed by atoms with Gasteiger partial charge in [-0.15, -0.1) is 0 Å². The SMILES string of the molecule is O=C([C@@H]1CCC[NH2+]C1)N1CCCCCC1. The molecule has 15 heavy (non-hydrogen) atoms. The smallest absolute Gasteiger partial charge is 0.231 e. The van der Waals surface area contributed by atoms with Crippen molar-refractivity contribution in [3.05, 3.63) is 0 Å². The van der Waals surface area contributed by atoms with Crippen LogP contribution in [0.25, 0.3) is 0 Å². The summed E-state index contributed by atoms with van der Waals surface area (Å²) in [5.41, 5.74) is 0. The van der Waals surface area contributed by atoms with Crippen LogP contribution in [0.3, 0.4) is 0 Å². The number of likely N-dealkylation sites (tertiary alicyclic amines) is 1. The lowest BCUT2D eigenvalue weighted by molar-refractivity contribution is -0.666. The van der Waals surface area contributed by atoms with Crippen molar-refractivity contribution in [3.8, 4) is 0 Å². The molecule has 86 valence electrons. The molecule has 1 atom stereocenters. The van der Waals surface area contributed by atoms with Gasteiger partial charge in [0, 0.05) is 13.1 Å². The van der Waals surface area contributed by atoms with Crippen LogP contribution < -0.4 is 5.32 Å². The first kappa shape index (κ1) is 10.9. The lowest BCUT2D eigenvalue weighted by atomic mass is 9.98. The molecule has 2 N–H and O–H groups in total. The number of rotatable bonds is 1. The first-order chi connectivity index (χ1) is 7.38. The van der Waals surface area contributed by atoms with Crippen LogP contribution in [0, 0.1) is 5.92 Å². The molecule has 0 bridgehead atoms. The zero-order valence-electron chi connectivity index (χ0n) is 9.58. The van der Waals surface area contributed by atoms with E-state index in [4.69, 9.17) is 0 Å². The monoisotopic (exact) mass is 211 g/mol. The van der Waals surface area contributed by atoms with E-state index in [0.29, 0.717) is 11.8 Å². The highest BCUT2D eigenvalue weighted by Crippen LogP contribution is 2.15. The minimum atomic E-state index is 0.317. The van der Waals surface area contributed by atoms with E-state index < -0.39 is 0 Å². The van der Waals surface area contributed by atoms with Crippen molar-refractivity contribution in [2.75, 3.05) is 26.2 Å². The molecule has 0 aliphatic carbocycles. The normalized spacial score (nSPS) is 28.5. The molecule has 0 unspecified atom stereocenters. The number of quaternary nitrogens is 1. The number of carbonyl (C=O) groups excluding carboxylic acids is 1. The second-order valence-electron chi connectivity index (χ2n) is 4.89. The summed E-state index contributed by atoms with van der Waals surface area (Å²) in [4.78, 5) is 14.3. The standard InChI is InChI=1S/C12H22N2O/c15-12(11-6-5-7-13-10-11)14-8-3-1-2-4-9-14/h11,13H,1-10H2/p+1/t11-/m1/s1. The fraction of sp³-hybridized carbons (Fsp3) is 0.917. The molecule has 1 amide bonds. The maximum absolute atomic E-state index is 12.2. The fourth-order valence-electron chi connectivity index (χ4n) is 2.72. The average Bonchev–Trinajstić information content (AvgIpc) is 2.58. The molecule has 3 nitrogen and oxygen atoms in total. The number of amides is 1. The van der Waals surface area contributed by atoms with Crippen LogP contribution in [0.5, 0.6) is 0 Å². The number of nitrogens with zero attached hydrogens (tertiary/aromatic N) is 1. The minimum absolute atomic E-state index is 0.317. The summed E-state index contributed by atoms with van der Waals surface area (Å²) < 4.78 is 0. The molecule has 0 aromatic heterocycles. The van der Waals surface area contributed by atoms with Crippen molar-refractivity contribution in [3.63, 3.8) is 0 Å². The summed E-state index contributed by atoms with van der Waals surface area (Å²) >= 11 is 0. The van der Waals surface area contributed by atoms with E-state index in [1.165, 1.54) is 38.6 Å². The van der Waals surface area contributed by atoms with Crippen LogP contribution in [-0.2, 0) is 4.79 Å². The first-order valence-electron chi connectivity index (χ1n) is 6.48. The molecule has 2 fully saturated rings. The van der Waals surface area contributed by atoms with Crippen molar-refractivity contribution in [1.29, 1.82) is 0 Å². The molecule has 0 aromatic rings. The Morgan fingerprint density at radius 1 is 1.07 bits per heavy atom. The molecular formula is C12H23N2O+. The Hall–Kier alpha value is -0.570. The Balaban J connectivity index is 1.87. The number of nitrogens with two attached hydrogens (primary N) is 1. The highest BCUT2D eigenvalue weighted by molar-refractivity contribution is 5.79. The third-order valence-corrected chi connectivity index (χ3v) is 3.68. The molecule has 2 aliphatic rings. The quantitative estimate of drug-likeness (QED) is 0.668. The molecule has 0 spiro atoms. The summed E-state index contributed by atoms with van der Waals surface area (Å²) in [6.07, 6.45) is 7.36. The van der Waals surface area contributed by atoms with Gasteiger partial charge in [0.25, 0.3) is 0 Å². The van der Waals surface area contributed by atoms with E-state index in [1.807, 2.05) is 0 Å². The second-order valence-corrected chi connectivity index (χ2v) is 4.89. The molecule has 0 saturated carbocycles. The fourth-order valence-corrected chi connectivity index (χ4v) is 2.72. The van der Waals surface area contributed by atoms with Gasteiger partial charge in [0.05, 0.1) is 19.0 Å². The van der Waals surface area contributed by atoms with Gasteiger partial charge >= 0.3 is 0 Å². The van der Waals surface area contributed by atoms with Gasteiger partial charge < -0.3 is 10.2 Å². The second kappa shape index (κ2) is 5.50. The van der Waals surface area contributed by atoms with Gasteiger partial charge in [-0.25, -0.2) is 0 Å². The molecule has 0 radical (unpaired) electrons. The van der Waals surface area contributed by atoms with E-state index in [1.54, 1.807) is 0 Å². The highest BCUT2D eigenvalue weighted by atomic mass is 16.2.